The number of piperidine rings is 1. The molecule has 29 heavy (non-hydrogen) atoms. The van der Waals surface area contributed by atoms with Crippen LogP contribution in [0.5, 0.6) is 5.75 Å². The van der Waals surface area contributed by atoms with Crippen LogP contribution >= 0.6 is 0 Å². The minimum absolute atomic E-state index is 0.224. The molecule has 0 saturated carbocycles. The molecule has 1 aliphatic rings. The molecule has 0 radical (unpaired) electrons. The number of hydrogen-bond acceptors (Lipinski definition) is 5. The fraction of sp³-hybridized carbons (Fsp3) is 0.381. The summed E-state index contributed by atoms with van der Waals surface area (Å²) in [4.78, 5) is 22.4. The first-order valence-corrected chi connectivity index (χ1v) is 9.78. The van der Waals surface area contributed by atoms with Crippen molar-refractivity contribution in [3.05, 3.63) is 53.7 Å². The molecule has 1 fully saturated rings. The Morgan fingerprint density at radius 3 is 2.76 bits per heavy atom. The molecule has 152 valence electrons. The van der Waals surface area contributed by atoms with Crippen LogP contribution in [0.1, 0.15) is 40.8 Å². The van der Waals surface area contributed by atoms with Gasteiger partial charge in [0.2, 0.25) is 0 Å². The van der Waals surface area contributed by atoms with Gasteiger partial charge in [-0.1, -0.05) is 0 Å². The Bertz CT molecular complexity index is 991. The maximum Gasteiger partial charge on any atom is 0.267 e. The predicted octanol–water partition coefficient (Wildman–Crippen LogP) is 2.30. The summed E-state index contributed by atoms with van der Waals surface area (Å²) in [6, 6.07) is 9.53. The Balaban J connectivity index is 1.57. The van der Waals surface area contributed by atoms with Gasteiger partial charge < -0.3 is 15.5 Å². The summed E-state index contributed by atoms with van der Waals surface area (Å²) in [6.07, 6.45) is 3.92. The standard InChI is InChI=1S/C21H26N6O2/c1-26-16(9-10-23-26)13-27-11-3-4-15(12-27)21-24-18(19(25-21)20(22)28)14-5-7-17(29-2)8-6-14/h5-10,15H,3-4,11-13H2,1-2H3,(H2,22,28)(H,24,25)/t15-/m1/s1. The number of ether oxygens (including phenoxy) is 1. The number of H-pyrrole nitrogens is 1. The van der Waals surface area contributed by atoms with Crippen LogP contribution in [-0.2, 0) is 13.6 Å². The van der Waals surface area contributed by atoms with E-state index >= 15 is 0 Å². The molecule has 3 heterocycles. The number of aromatic nitrogens is 4. The summed E-state index contributed by atoms with van der Waals surface area (Å²) in [7, 11) is 3.58. The van der Waals surface area contributed by atoms with Gasteiger partial charge in [0, 0.05) is 37.8 Å². The molecule has 2 aromatic heterocycles. The fourth-order valence-corrected chi connectivity index (χ4v) is 3.93. The highest BCUT2D eigenvalue weighted by Crippen LogP contribution is 2.30. The third-order valence-corrected chi connectivity index (χ3v) is 5.53. The number of likely N-dealkylation sites (tertiary alicyclic amines) is 1. The molecule has 1 amide bonds. The number of methoxy groups -OCH3 is 1. The van der Waals surface area contributed by atoms with E-state index in [4.69, 9.17) is 15.5 Å². The lowest BCUT2D eigenvalue weighted by Crippen LogP contribution is -2.34. The smallest absolute Gasteiger partial charge is 0.267 e. The van der Waals surface area contributed by atoms with Crippen LogP contribution < -0.4 is 10.5 Å². The molecule has 1 aliphatic heterocycles. The van der Waals surface area contributed by atoms with Gasteiger partial charge in [-0.05, 0) is 49.7 Å². The maximum atomic E-state index is 12.0. The monoisotopic (exact) mass is 394 g/mol. The molecule has 3 aromatic rings. The Hall–Kier alpha value is -3.13. The zero-order valence-electron chi connectivity index (χ0n) is 16.8. The topological polar surface area (TPSA) is 102 Å². The maximum absolute atomic E-state index is 12.0. The molecule has 8 nitrogen and oxygen atoms in total. The van der Waals surface area contributed by atoms with E-state index in [1.807, 2.05) is 48.3 Å². The van der Waals surface area contributed by atoms with Gasteiger partial charge in [0.05, 0.1) is 12.8 Å². The quantitative estimate of drug-likeness (QED) is 0.668. The molecule has 1 aromatic carbocycles. The summed E-state index contributed by atoms with van der Waals surface area (Å²) in [5.74, 6) is 1.29. The number of amides is 1. The number of imidazole rings is 1. The molecule has 8 heteroatoms. The van der Waals surface area contributed by atoms with Crippen molar-refractivity contribution >= 4 is 5.91 Å². The minimum atomic E-state index is -0.503. The Morgan fingerprint density at radius 2 is 2.10 bits per heavy atom. The summed E-state index contributed by atoms with van der Waals surface area (Å²) >= 11 is 0. The number of nitrogens with one attached hydrogen (secondary N) is 1. The number of carbonyl (C=O) groups excluding carboxylic acids is 1. The number of rotatable bonds is 6. The van der Waals surface area contributed by atoms with E-state index in [1.54, 1.807) is 7.11 Å². The van der Waals surface area contributed by atoms with Crippen LogP contribution in [0.4, 0.5) is 0 Å². The lowest BCUT2D eigenvalue weighted by molar-refractivity contribution is 0.0996. The SMILES string of the molecule is COc1ccc(-c2nc([C@@H]3CCCN(Cc4ccnn4C)C3)[nH]c2C(N)=O)cc1. The number of carbonyl (C=O) groups is 1. The average molecular weight is 394 g/mol. The number of aryl methyl sites for hydroxylation is 1. The summed E-state index contributed by atoms with van der Waals surface area (Å²) in [5, 5.41) is 4.25. The molecule has 0 bridgehead atoms. The van der Waals surface area contributed by atoms with Crippen molar-refractivity contribution < 1.29 is 9.53 Å². The van der Waals surface area contributed by atoms with Gasteiger partial charge in [-0.3, -0.25) is 14.4 Å². The third kappa shape index (κ3) is 4.02. The highest BCUT2D eigenvalue weighted by atomic mass is 16.5. The van der Waals surface area contributed by atoms with Gasteiger partial charge in [-0.15, -0.1) is 0 Å². The molecule has 1 atom stereocenters. The van der Waals surface area contributed by atoms with Gasteiger partial charge in [0.1, 0.15) is 23.0 Å². The van der Waals surface area contributed by atoms with E-state index in [0.29, 0.717) is 11.4 Å². The van der Waals surface area contributed by atoms with Crippen LogP contribution in [0.15, 0.2) is 36.5 Å². The van der Waals surface area contributed by atoms with Crippen molar-refractivity contribution in [2.24, 2.45) is 12.8 Å². The number of nitrogens with two attached hydrogens (primary N) is 1. The van der Waals surface area contributed by atoms with Crippen molar-refractivity contribution in [2.45, 2.75) is 25.3 Å². The van der Waals surface area contributed by atoms with E-state index in [9.17, 15) is 4.79 Å². The van der Waals surface area contributed by atoms with Crippen LogP contribution in [0.25, 0.3) is 11.3 Å². The minimum Gasteiger partial charge on any atom is -0.497 e. The number of nitrogens with zero attached hydrogens (tertiary/aromatic N) is 4. The predicted molar refractivity (Wildman–Crippen MR) is 110 cm³/mol. The lowest BCUT2D eigenvalue weighted by Gasteiger charge is -2.31. The Morgan fingerprint density at radius 1 is 1.31 bits per heavy atom. The second-order valence-electron chi connectivity index (χ2n) is 7.46. The van der Waals surface area contributed by atoms with E-state index in [0.717, 1.165) is 49.6 Å². The summed E-state index contributed by atoms with van der Waals surface area (Å²) < 4.78 is 7.12. The molecule has 3 N–H and O–H groups in total. The first-order valence-electron chi connectivity index (χ1n) is 9.78. The number of aromatic amines is 1. The molecule has 4 rings (SSSR count). The lowest BCUT2D eigenvalue weighted by atomic mass is 9.97. The molecule has 0 spiro atoms. The number of benzene rings is 1. The van der Waals surface area contributed by atoms with Crippen LogP contribution in [0.2, 0.25) is 0 Å². The molecular formula is C21H26N6O2. The van der Waals surface area contributed by atoms with Crippen LogP contribution in [0, 0.1) is 0 Å². The average Bonchev–Trinajstić information content (AvgIpc) is 3.35. The Labute approximate surface area is 169 Å². The van der Waals surface area contributed by atoms with Crippen molar-refractivity contribution in [3.63, 3.8) is 0 Å². The van der Waals surface area contributed by atoms with Crippen molar-refractivity contribution in [2.75, 3.05) is 20.2 Å². The van der Waals surface area contributed by atoms with Gasteiger partial charge in [0.25, 0.3) is 5.91 Å². The molecule has 0 unspecified atom stereocenters. The zero-order valence-corrected chi connectivity index (χ0v) is 16.8. The van der Waals surface area contributed by atoms with Crippen LogP contribution in [-0.4, -0.2) is 50.8 Å². The van der Waals surface area contributed by atoms with Gasteiger partial charge in [-0.2, -0.15) is 5.10 Å². The van der Waals surface area contributed by atoms with E-state index < -0.39 is 5.91 Å². The second-order valence-corrected chi connectivity index (χ2v) is 7.46. The van der Waals surface area contributed by atoms with E-state index in [1.165, 1.54) is 5.69 Å². The first-order chi connectivity index (χ1) is 14.0. The van der Waals surface area contributed by atoms with Crippen molar-refractivity contribution in [1.29, 1.82) is 0 Å². The van der Waals surface area contributed by atoms with E-state index in [-0.39, 0.29) is 5.92 Å². The van der Waals surface area contributed by atoms with Crippen molar-refractivity contribution in [3.8, 4) is 17.0 Å². The normalized spacial score (nSPS) is 17.4. The van der Waals surface area contributed by atoms with Gasteiger partial charge >= 0.3 is 0 Å². The van der Waals surface area contributed by atoms with Crippen LogP contribution in [0.3, 0.4) is 0 Å². The van der Waals surface area contributed by atoms with Gasteiger partial charge in [-0.25, -0.2) is 4.98 Å². The summed E-state index contributed by atoms with van der Waals surface area (Å²) in [5.41, 5.74) is 8.60. The molecule has 0 aliphatic carbocycles. The highest BCUT2D eigenvalue weighted by Gasteiger charge is 2.27. The highest BCUT2D eigenvalue weighted by molar-refractivity contribution is 5.97. The largest absolute Gasteiger partial charge is 0.497 e. The molecular weight excluding hydrogens is 368 g/mol. The first kappa shape index (κ1) is 19.2. The zero-order chi connectivity index (χ0) is 20.4. The fourth-order valence-electron chi connectivity index (χ4n) is 3.93. The van der Waals surface area contributed by atoms with Crippen molar-refractivity contribution in [1.82, 2.24) is 24.6 Å². The second kappa shape index (κ2) is 8.08. The Kier molecular flexibility index (Phi) is 5.35. The third-order valence-electron chi connectivity index (χ3n) is 5.53. The number of hydrogen-bond donors (Lipinski definition) is 2. The molecule has 1 saturated heterocycles. The summed E-state index contributed by atoms with van der Waals surface area (Å²) in [6.45, 7) is 2.76. The van der Waals surface area contributed by atoms with E-state index in [2.05, 4.69) is 15.0 Å². The van der Waals surface area contributed by atoms with Gasteiger partial charge in [0.15, 0.2) is 0 Å². The number of primary amides is 1.